The van der Waals surface area contributed by atoms with Crippen LogP contribution < -0.4 is 4.89 Å². The largest absolute Gasteiger partial charge is 3.00 e. The van der Waals surface area contributed by atoms with Gasteiger partial charge < -0.3 is 13.9 Å². The van der Waals surface area contributed by atoms with Gasteiger partial charge in [0.1, 0.15) is 0 Å². The van der Waals surface area contributed by atoms with Crippen LogP contribution in [0.1, 0.15) is 52.4 Å². The molecule has 0 aliphatic rings. The Morgan fingerprint density at radius 2 is 1.31 bits per heavy atom. The average Bonchev–Trinajstić information content (AvgIpc) is 2.20. The molecule has 0 bridgehead atoms. The summed E-state index contributed by atoms with van der Waals surface area (Å²) in [6, 6.07) is 0. The smallest absolute Gasteiger partial charge is 0.756 e. The number of hydrogen-bond acceptors (Lipinski definition) is 4. The summed E-state index contributed by atoms with van der Waals surface area (Å²) in [5, 5.41) is 0. The van der Waals surface area contributed by atoms with Crippen molar-refractivity contribution >= 4 is 7.82 Å². The first-order valence-corrected chi connectivity index (χ1v) is 7.18. The zero-order valence-electron chi connectivity index (χ0n) is 10.1. The van der Waals surface area contributed by atoms with Crippen LogP contribution >= 0.6 is 7.82 Å². The summed E-state index contributed by atoms with van der Waals surface area (Å²) in [6.45, 7) is 4.58. The van der Waals surface area contributed by atoms with Crippen LogP contribution in [0.25, 0.3) is 0 Å². The molecule has 6 heteroatoms. The molecule has 97 valence electrons. The van der Waals surface area contributed by atoms with Crippen LogP contribution in [-0.2, 0) is 30.7 Å². The van der Waals surface area contributed by atoms with Crippen molar-refractivity contribution in [3.8, 4) is 0 Å². The van der Waals surface area contributed by atoms with Gasteiger partial charge in [-0.1, -0.05) is 39.5 Å². The van der Waals surface area contributed by atoms with E-state index in [1.165, 1.54) is 0 Å². The summed E-state index contributed by atoms with van der Waals surface area (Å²) in [4.78, 5) is 11.1. The van der Waals surface area contributed by atoms with E-state index in [1.54, 1.807) is 0 Å². The van der Waals surface area contributed by atoms with E-state index in [0.717, 1.165) is 38.5 Å². The molecule has 0 aromatic carbocycles. The molecule has 0 unspecified atom stereocenters. The van der Waals surface area contributed by atoms with Crippen molar-refractivity contribution in [1.29, 1.82) is 0 Å². The van der Waals surface area contributed by atoms with Gasteiger partial charge >= 0.3 is 17.1 Å². The quantitative estimate of drug-likeness (QED) is 0.353. The third kappa shape index (κ3) is 12.7. The SMILES string of the molecule is CCCCCOP(=O)([O-])OCCCCC.[Fe+3]. The monoisotopic (exact) mass is 293 g/mol. The number of phosphoric acid groups is 1. The van der Waals surface area contributed by atoms with Gasteiger partial charge in [0.15, 0.2) is 0 Å². The maximum absolute atomic E-state index is 11.1. The Balaban J connectivity index is 0. The molecular weight excluding hydrogens is 271 g/mol. The maximum Gasteiger partial charge on any atom is 3.00 e. The molecule has 4 nitrogen and oxygen atoms in total. The summed E-state index contributed by atoms with van der Waals surface area (Å²) >= 11 is 0. The molecule has 0 saturated carbocycles. The molecule has 0 spiro atoms. The Kier molecular flexibility index (Phi) is 14.3. The molecular formula is C10H22FeO4P+2. The van der Waals surface area contributed by atoms with Crippen LogP contribution in [0.5, 0.6) is 0 Å². The van der Waals surface area contributed by atoms with Gasteiger partial charge in [-0.25, -0.2) is 0 Å². The Labute approximate surface area is 109 Å². The first-order valence-electron chi connectivity index (χ1n) is 5.72. The topological polar surface area (TPSA) is 58.6 Å². The second-order valence-electron chi connectivity index (χ2n) is 3.53. The minimum absolute atomic E-state index is 0. The molecule has 0 saturated heterocycles. The van der Waals surface area contributed by atoms with Gasteiger partial charge in [0.2, 0.25) is 0 Å². The summed E-state index contributed by atoms with van der Waals surface area (Å²) in [6.07, 6.45) is 5.58. The van der Waals surface area contributed by atoms with Crippen molar-refractivity contribution in [2.24, 2.45) is 0 Å². The molecule has 0 heterocycles. The van der Waals surface area contributed by atoms with E-state index < -0.39 is 7.82 Å². The van der Waals surface area contributed by atoms with Crippen LogP contribution in [0.2, 0.25) is 0 Å². The molecule has 0 N–H and O–H groups in total. The van der Waals surface area contributed by atoms with E-state index in [0.29, 0.717) is 0 Å². The van der Waals surface area contributed by atoms with Crippen LogP contribution in [-0.4, -0.2) is 13.2 Å². The first-order chi connectivity index (χ1) is 7.12. The Bertz CT molecular complexity index is 174. The van der Waals surface area contributed by atoms with Crippen molar-refractivity contribution in [3.05, 3.63) is 0 Å². The predicted octanol–water partition coefficient (Wildman–Crippen LogP) is 2.87. The van der Waals surface area contributed by atoms with Crippen molar-refractivity contribution in [2.75, 3.05) is 13.2 Å². The molecule has 0 aliphatic carbocycles. The molecule has 0 atom stereocenters. The average molecular weight is 293 g/mol. The van der Waals surface area contributed by atoms with Gasteiger partial charge in [0.05, 0.1) is 13.2 Å². The summed E-state index contributed by atoms with van der Waals surface area (Å²) < 4.78 is 20.5. The van der Waals surface area contributed by atoms with Crippen LogP contribution in [0.4, 0.5) is 0 Å². The first kappa shape index (κ1) is 19.0. The van der Waals surface area contributed by atoms with E-state index in [-0.39, 0.29) is 30.3 Å². The standard InChI is InChI=1S/C10H23O4P.Fe/c1-3-5-7-9-13-15(11,12)14-10-8-6-4-2;/h3-10H2,1-2H3,(H,11,12);/q;+3/p-1. The Hall–Kier alpha value is 0.629. The minimum atomic E-state index is -4.02. The van der Waals surface area contributed by atoms with Gasteiger partial charge in [0, 0.05) is 0 Å². The third-order valence-corrected chi connectivity index (χ3v) is 2.99. The van der Waals surface area contributed by atoms with Crippen molar-refractivity contribution in [1.82, 2.24) is 0 Å². The maximum atomic E-state index is 11.1. The number of hydrogen-bond donors (Lipinski definition) is 0. The van der Waals surface area contributed by atoms with Gasteiger partial charge in [-0.15, -0.1) is 0 Å². The number of phosphoric ester groups is 1. The van der Waals surface area contributed by atoms with Gasteiger partial charge in [-0.05, 0) is 12.8 Å². The van der Waals surface area contributed by atoms with Crippen LogP contribution in [0, 0.1) is 0 Å². The third-order valence-electron chi connectivity index (χ3n) is 1.99. The summed E-state index contributed by atoms with van der Waals surface area (Å²) in [5.74, 6) is 0. The van der Waals surface area contributed by atoms with Crippen molar-refractivity contribution in [2.45, 2.75) is 52.4 Å². The number of rotatable bonds is 10. The van der Waals surface area contributed by atoms with Gasteiger partial charge in [-0.2, -0.15) is 0 Å². The van der Waals surface area contributed by atoms with Crippen LogP contribution in [0.3, 0.4) is 0 Å². The van der Waals surface area contributed by atoms with E-state index >= 15 is 0 Å². The molecule has 0 aromatic rings. The predicted molar refractivity (Wildman–Crippen MR) is 58.6 cm³/mol. The molecule has 16 heavy (non-hydrogen) atoms. The Morgan fingerprint density at radius 1 is 0.938 bits per heavy atom. The summed E-state index contributed by atoms with van der Waals surface area (Å²) in [5.41, 5.74) is 0. The fraction of sp³-hybridized carbons (Fsp3) is 1.00. The van der Waals surface area contributed by atoms with E-state index in [1.807, 2.05) is 0 Å². The zero-order valence-corrected chi connectivity index (χ0v) is 12.1. The fourth-order valence-corrected chi connectivity index (χ4v) is 1.87. The van der Waals surface area contributed by atoms with E-state index in [9.17, 15) is 9.46 Å². The van der Waals surface area contributed by atoms with E-state index in [2.05, 4.69) is 22.9 Å². The fourth-order valence-electron chi connectivity index (χ4n) is 1.09. The van der Waals surface area contributed by atoms with Crippen LogP contribution in [0.15, 0.2) is 0 Å². The molecule has 1 radical (unpaired) electrons. The molecule has 0 aliphatic heterocycles. The minimum Gasteiger partial charge on any atom is -0.756 e. The van der Waals surface area contributed by atoms with E-state index in [4.69, 9.17) is 0 Å². The second kappa shape index (κ2) is 12.1. The molecule has 0 aromatic heterocycles. The van der Waals surface area contributed by atoms with Crippen molar-refractivity contribution < 1.29 is 35.6 Å². The van der Waals surface area contributed by atoms with Gasteiger partial charge in [0.25, 0.3) is 7.82 Å². The Morgan fingerprint density at radius 3 is 1.62 bits per heavy atom. The summed E-state index contributed by atoms with van der Waals surface area (Å²) in [7, 11) is -4.02. The second-order valence-corrected chi connectivity index (χ2v) is 4.94. The molecule has 0 fully saturated rings. The normalized spacial score (nSPS) is 11.2. The molecule has 0 rings (SSSR count). The zero-order chi connectivity index (χ0) is 11.6. The van der Waals surface area contributed by atoms with Crippen molar-refractivity contribution in [3.63, 3.8) is 0 Å². The molecule has 0 amide bonds. The van der Waals surface area contributed by atoms with Gasteiger partial charge in [-0.3, -0.25) is 4.57 Å². The number of unbranched alkanes of at least 4 members (excludes halogenated alkanes) is 4.